The molecule has 2 amide bonds. The molecule has 7 nitrogen and oxygen atoms in total. The summed E-state index contributed by atoms with van der Waals surface area (Å²) < 4.78 is 10.8. The minimum Gasteiger partial charge on any atom is -0.497 e. The van der Waals surface area contributed by atoms with E-state index in [-0.39, 0.29) is 18.4 Å². The van der Waals surface area contributed by atoms with Crippen LogP contribution in [0.5, 0.6) is 11.5 Å². The first kappa shape index (κ1) is 22.3. The first-order chi connectivity index (χ1) is 16.0. The summed E-state index contributed by atoms with van der Waals surface area (Å²) in [5, 5.41) is 3.31. The fourth-order valence-corrected chi connectivity index (χ4v) is 4.30. The Morgan fingerprint density at radius 3 is 2.97 bits per heavy atom. The molecule has 0 unspecified atom stereocenters. The van der Waals surface area contributed by atoms with E-state index in [1.807, 2.05) is 49.4 Å². The number of nitrogens with one attached hydrogen (secondary N) is 1. The fraction of sp³-hybridized carbons (Fsp3) is 0.160. The van der Waals surface area contributed by atoms with Crippen molar-refractivity contribution in [3.63, 3.8) is 0 Å². The van der Waals surface area contributed by atoms with Gasteiger partial charge in [0, 0.05) is 23.1 Å². The van der Waals surface area contributed by atoms with E-state index in [1.165, 1.54) is 17.4 Å². The maximum Gasteiger partial charge on any atom is 0.265 e. The van der Waals surface area contributed by atoms with Gasteiger partial charge in [0.15, 0.2) is 11.7 Å². The molecule has 0 radical (unpaired) electrons. The van der Waals surface area contributed by atoms with Crippen LogP contribution in [0.25, 0.3) is 17.3 Å². The Hall–Kier alpha value is -3.91. The van der Waals surface area contributed by atoms with Crippen molar-refractivity contribution in [2.75, 3.05) is 30.5 Å². The molecule has 1 aliphatic rings. The van der Waals surface area contributed by atoms with Gasteiger partial charge in [-0.1, -0.05) is 18.2 Å². The maximum atomic E-state index is 12.4. The van der Waals surface area contributed by atoms with E-state index in [9.17, 15) is 9.59 Å². The first-order valence-electron chi connectivity index (χ1n) is 10.3. The van der Waals surface area contributed by atoms with Crippen LogP contribution in [-0.4, -0.2) is 37.1 Å². The summed E-state index contributed by atoms with van der Waals surface area (Å²) in [6.07, 6.45) is 4.86. The Balaban J connectivity index is 1.53. The number of nitrogens with zero attached hydrogens (tertiary/aromatic N) is 2. The van der Waals surface area contributed by atoms with E-state index >= 15 is 0 Å². The Morgan fingerprint density at radius 2 is 2.18 bits per heavy atom. The fourth-order valence-electron chi connectivity index (χ4n) is 3.46. The van der Waals surface area contributed by atoms with Gasteiger partial charge in [0.05, 0.1) is 18.5 Å². The number of amides is 2. The summed E-state index contributed by atoms with van der Waals surface area (Å²) in [6, 6.07) is 13.1. The summed E-state index contributed by atoms with van der Waals surface area (Å²) in [5.74, 6) is 0.968. The van der Waals surface area contributed by atoms with Gasteiger partial charge in [-0.3, -0.25) is 14.9 Å². The molecule has 1 N–H and O–H groups in total. The number of thiazole rings is 1. The number of aromatic nitrogens is 1. The van der Waals surface area contributed by atoms with E-state index in [0.717, 1.165) is 27.4 Å². The van der Waals surface area contributed by atoms with E-state index < -0.39 is 0 Å². The number of ether oxygens (including phenoxy) is 2. The molecule has 0 atom stereocenters. The topological polar surface area (TPSA) is 80.8 Å². The molecule has 2 aromatic carbocycles. The number of carbonyl (C=O) groups is 2. The molecule has 33 heavy (non-hydrogen) atoms. The number of fused-ring (bicyclic) bond motifs is 1. The predicted molar refractivity (Wildman–Crippen MR) is 131 cm³/mol. The summed E-state index contributed by atoms with van der Waals surface area (Å²) in [7, 11) is 1.60. The quantitative estimate of drug-likeness (QED) is 0.408. The molecule has 8 heteroatoms. The minimum atomic E-state index is -0.278. The van der Waals surface area contributed by atoms with Crippen molar-refractivity contribution in [1.29, 1.82) is 0 Å². The Kier molecular flexibility index (Phi) is 6.55. The number of anilines is 2. The first-order valence-corrected chi connectivity index (χ1v) is 11.1. The van der Waals surface area contributed by atoms with Crippen LogP contribution in [0.3, 0.4) is 0 Å². The lowest BCUT2D eigenvalue weighted by atomic mass is 10.1. The molecule has 168 valence electrons. The van der Waals surface area contributed by atoms with Crippen molar-refractivity contribution in [2.24, 2.45) is 0 Å². The van der Waals surface area contributed by atoms with Crippen molar-refractivity contribution >= 4 is 40.0 Å². The molecule has 0 saturated heterocycles. The van der Waals surface area contributed by atoms with Crippen LogP contribution in [0.4, 0.5) is 10.8 Å². The Morgan fingerprint density at radius 1 is 1.33 bits per heavy atom. The van der Waals surface area contributed by atoms with Crippen molar-refractivity contribution in [3.8, 4) is 22.8 Å². The van der Waals surface area contributed by atoms with Gasteiger partial charge in [0.2, 0.25) is 5.91 Å². The van der Waals surface area contributed by atoms with Crippen molar-refractivity contribution < 1.29 is 19.1 Å². The number of hydrogen-bond acceptors (Lipinski definition) is 6. The number of methoxy groups -OCH3 is 1. The highest BCUT2D eigenvalue weighted by Crippen LogP contribution is 2.38. The molecule has 0 spiro atoms. The summed E-state index contributed by atoms with van der Waals surface area (Å²) in [4.78, 5) is 31.9. The SMILES string of the molecule is C=CCN1C(=O)COc2ccc(-c3nc(NC(=O)/C=C/c4cccc(OC)c4)sc3C)cc21. The zero-order valence-corrected chi connectivity index (χ0v) is 19.1. The molecule has 4 rings (SSSR count). The second-order valence-corrected chi connectivity index (χ2v) is 8.49. The number of hydrogen-bond donors (Lipinski definition) is 1. The third kappa shape index (κ3) is 4.96. The zero-order chi connectivity index (χ0) is 23.4. The summed E-state index contributed by atoms with van der Waals surface area (Å²) >= 11 is 1.39. The van der Waals surface area contributed by atoms with Crippen molar-refractivity contribution in [2.45, 2.75) is 6.92 Å². The van der Waals surface area contributed by atoms with Crippen LogP contribution < -0.4 is 19.7 Å². The van der Waals surface area contributed by atoms with E-state index in [0.29, 0.717) is 23.1 Å². The van der Waals surface area contributed by atoms with Gasteiger partial charge in [-0.2, -0.15) is 0 Å². The van der Waals surface area contributed by atoms with Crippen LogP contribution >= 0.6 is 11.3 Å². The van der Waals surface area contributed by atoms with Crippen LogP contribution in [0.15, 0.2) is 61.2 Å². The molecular weight excluding hydrogens is 438 g/mol. The van der Waals surface area contributed by atoms with Gasteiger partial charge >= 0.3 is 0 Å². The number of benzene rings is 2. The highest BCUT2D eigenvalue weighted by Gasteiger charge is 2.25. The standard InChI is InChI=1S/C25H23N3O4S/c1-4-12-28-20-14-18(9-10-21(20)32-15-23(28)30)24-16(2)33-25(27-24)26-22(29)11-8-17-6-5-7-19(13-17)31-3/h4-11,13-14H,1,12,15H2,2-3H3,(H,26,27,29)/b11-8+. The Bertz CT molecular complexity index is 1250. The average Bonchev–Trinajstić information content (AvgIpc) is 3.19. The average molecular weight is 462 g/mol. The normalized spacial score (nSPS) is 12.9. The molecule has 2 heterocycles. The van der Waals surface area contributed by atoms with Crippen molar-refractivity contribution in [3.05, 3.63) is 71.6 Å². The van der Waals surface area contributed by atoms with Crippen LogP contribution in [-0.2, 0) is 9.59 Å². The second kappa shape index (κ2) is 9.70. The molecule has 3 aromatic rings. The lowest BCUT2D eigenvalue weighted by molar-refractivity contribution is -0.121. The maximum absolute atomic E-state index is 12.4. The molecule has 0 saturated carbocycles. The van der Waals surface area contributed by atoms with Crippen molar-refractivity contribution in [1.82, 2.24) is 4.98 Å². The van der Waals surface area contributed by atoms with Crippen LogP contribution in [0.2, 0.25) is 0 Å². The highest BCUT2D eigenvalue weighted by molar-refractivity contribution is 7.16. The summed E-state index contributed by atoms with van der Waals surface area (Å²) in [5.41, 5.74) is 3.12. The monoisotopic (exact) mass is 461 g/mol. The molecule has 0 fully saturated rings. The molecule has 0 aliphatic carbocycles. The number of carbonyl (C=O) groups excluding carboxylic acids is 2. The van der Waals surface area contributed by atoms with Gasteiger partial charge in [-0.25, -0.2) is 4.98 Å². The number of rotatable bonds is 7. The molecule has 0 bridgehead atoms. The van der Waals surface area contributed by atoms with Gasteiger partial charge in [0.1, 0.15) is 11.5 Å². The Labute approximate surface area is 196 Å². The number of aryl methyl sites for hydroxylation is 1. The molecular formula is C25H23N3O4S. The zero-order valence-electron chi connectivity index (χ0n) is 18.3. The summed E-state index contributed by atoms with van der Waals surface area (Å²) in [6.45, 7) is 6.08. The van der Waals surface area contributed by atoms with Gasteiger partial charge in [0.25, 0.3) is 5.91 Å². The largest absolute Gasteiger partial charge is 0.497 e. The van der Waals surface area contributed by atoms with Crippen LogP contribution in [0, 0.1) is 6.92 Å². The van der Waals surface area contributed by atoms with Crippen LogP contribution in [0.1, 0.15) is 10.4 Å². The third-order valence-corrected chi connectivity index (χ3v) is 5.92. The van der Waals surface area contributed by atoms with Gasteiger partial charge < -0.3 is 14.4 Å². The molecule has 1 aromatic heterocycles. The van der Waals surface area contributed by atoms with E-state index in [4.69, 9.17) is 9.47 Å². The minimum absolute atomic E-state index is 0.00930. The predicted octanol–water partition coefficient (Wildman–Crippen LogP) is 4.69. The lowest BCUT2D eigenvalue weighted by Gasteiger charge is -2.28. The molecule has 1 aliphatic heterocycles. The highest BCUT2D eigenvalue weighted by atomic mass is 32.1. The second-order valence-electron chi connectivity index (χ2n) is 7.29. The van der Waals surface area contributed by atoms with E-state index in [2.05, 4.69) is 16.9 Å². The lowest BCUT2D eigenvalue weighted by Crippen LogP contribution is -2.38. The third-order valence-electron chi connectivity index (χ3n) is 5.03. The van der Waals surface area contributed by atoms with E-state index in [1.54, 1.807) is 24.2 Å². The van der Waals surface area contributed by atoms with Gasteiger partial charge in [-0.15, -0.1) is 17.9 Å². The van der Waals surface area contributed by atoms with Gasteiger partial charge in [-0.05, 0) is 48.9 Å². The smallest absolute Gasteiger partial charge is 0.265 e.